The molecule has 0 spiro atoms. The summed E-state index contributed by atoms with van der Waals surface area (Å²) in [4.78, 5) is 28.1. The molecule has 1 amide bonds. The minimum Gasteiger partial charge on any atom is -0.467 e. The van der Waals surface area contributed by atoms with Crippen molar-refractivity contribution in [2.75, 3.05) is 38.0 Å². The first-order valence-electron chi connectivity index (χ1n) is 12.1. The van der Waals surface area contributed by atoms with Gasteiger partial charge in [-0.25, -0.2) is 4.79 Å². The van der Waals surface area contributed by atoms with Crippen molar-refractivity contribution in [3.63, 3.8) is 0 Å². The molecule has 1 aliphatic heterocycles. The number of nitrogens with one attached hydrogen (secondary N) is 2. The monoisotopic (exact) mass is 510 g/mol. The van der Waals surface area contributed by atoms with Crippen LogP contribution in [-0.2, 0) is 27.3 Å². The molecular weight excluding hydrogens is 468 g/mol. The number of esters is 1. The third kappa shape index (κ3) is 8.45. The number of thiol groups is 1. The average molecular weight is 511 g/mol. The molecule has 9 heteroatoms. The zero-order valence-corrected chi connectivity index (χ0v) is 22.7. The second kappa shape index (κ2) is 15.0. The van der Waals surface area contributed by atoms with Crippen molar-refractivity contribution in [2.24, 2.45) is 11.7 Å². The molecule has 0 saturated carbocycles. The zero-order valence-electron chi connectivity index (χ0n) is 21.0. The Hall–Kier alpha value is -1.26. The van der Waals surface area contributed by atoms with Gasteiger partial charge < -0.3 is 21.1 Å². The van der Waals surface area contributed by atoms with Gasteiger partial charge in [0.2, 0.25) is 5.91 Å². The van der Waals surface area contributed by atoms with Gasteiger partial charge in [0.25, 0.3) is 0 Å². The number of hydrogen-bond donors (Lipinski definition) is 4. The quantitative estimate of drug-likeness (QED) is 0.225. The number of carbonyl (C=O) groups is 2. The van der Waals surface area contributed by atoms with E-state index in [4.69, 9.17) is 10.5 Å². The predicted octanol–water partition coefficient (Wildman–Crippen LogP) is 2.09. The first-order chi connectivity index (χ1) is 16.3. The zero-order chi connectivity index (χ0) is 25.1. The number of methoxy groups -OCH3 is 1. The number of fused-ring (bicyclic) bond motifs is 1. The molecule has 0 bridgehead atoms. The van der Waals surface area contributed by atoms with Gasteiger partial charge in [-0.2, -0.15) is 24.4 Å². The first kappa shape index (κ1) is 29.0. The van der Waals surface area contributed by atoms with Crippen LogP contribution in [0, 0.1) is 5.92 Å². The summed E-state index contributed by atoms with van der Waals surface area (Å²) in [6.07, 6.45) is 4.16. The Morgan fingerprint density at radius 2 is 2.03 bits per heavy atom. The summed E-state index contributed by atoms with van der Waals surface area (Å²) in [5.74, 6) is 1.28. The lowest BCUT2D eigenvalue weighted by molar-refractivity contribution is -0.146. The fourth-order valence-corrected chi connectivity index (χ4v) is 4.87. The van der Waals surface area contributed by atoms with Gasteiger partial charge in [-0.3, -0.25) is 9.69 Å². The maximum Gasteiger partial charge on any atom is 0.328 e. The lowest BCUT2D eigenvalue weighted by atomic mass is 9.91. The van der Waals surface area contributed by atoms with Crippen molar-refractivity contribution < 1.29 is 14.3 Å². The second-order valence-corrected chi connectivity index (χ2v) is 10.5. The molecule has 1 aliphatic rings. The smallest absolute Gasteiger partial charge is 0.328 e. The van der Waals surface area contributed by atoms with Gasteiger partial charge in [0.1, 0.15) is 6.04 Å². The number of benzene rings is 1. The predicted molar refractivity (Wildman–Crippen MR) is 144 cm³/mol. The Morgan fingerprint density at radius 3 is 2.65 bits per heavy atom. The molecule has 4 N–H and O–H groups in total. The molecule has 5 atom stereocenters. The molecule has 1 aromatic carbocycles. The minimum atomic E-state index is -0.638. The van der Waals surface area contributed by atoms with Gasteiger partial charge in [-0.05, 0) is 41.9 Å². The first-order valence-corrected chi connectivity index (χ1v) is 14.1. The number of thioether (sulfide) groups is 1. The van der Waals surface area contributed by atoms with Crippen molar-refractivity contribution >= 4 is 36.3 Å². The van der Waals surface area contributed by atoms with Crippen molar-refractivity contribution in [3.8, 4) is 0 Å². The van der Waals surface area contributed by atoms with E-state index in [-0.39, 0.29) is 24.0 Å². The molecule has 0 aliphatic carbocycles. The highest BCUT2D eigenvalue weighted by Gasteiger charge is 2.35. The van der Waals surface area contributed by atoms with Crippen LogP contribution in [0.25, 0.3) is 0 Å². The summed E-state index contributed by atoms with van der Waals surface area (Å²) in [5, 5.41) is 6.61. The lowest BCUT2D eigenvalue weighted by Crippen LogP contribution is -2.57. The summed E-state index contributed by atoms with van der Waals surface area (Å²) in [6.45, 7) is 6.50. The van der Waals surface area contributed by atoms with Crippen LogP contribution in [0.3, 0.4) is 0 Å². The molecule has 2 rings (SSSR count). The standard InChI is InChI=1S/C25H42N4O3S2/c1-5-17(2)22(27-13-20(26)16-33)15-29-14-19-9-7-6-8-18(19)12-23(29)24(30)28-21(10-11-34-4)25(31)32-3/h6-9,17,20-23,27,33H,5,10-16,26H2,1-4H3,(H,28,30). The molecule has 1 aromatic rings. The topological polar surface area (TPSA) is 96.7 Å². The highest BCUT2D eigenvalue weighted by Crippen LogP contribution is 2.25. The van der Waals surface area contributed by atoms with Crippen LogP contribution < -0.4 is 16.4 Å². The SMILES string of the molecule is CCC(C)C(CN1Cc2ccccc2CC1C(=O)NC(CCSC)C(=O)OC)NCC(N)CS. The van der Waals surface area contributed by atoms with E-state index in [0.29, 0.717) is 44.1 Å². The van der Waals surface area contributed by atoms with Gasteiger partial charge in [0, 0.05) is 37.5 Å². The average Bonchev–Trinajstić information content (AvgIpc) is 2.86. The van der Waals surface area contributed by atoms with E-state index < -0.39 is 12.0 Å². The van der Waals surface area contributed by atoms with E-state index in [1.807, 2.05) is 18.4 Å². The minimum absolute atomic E-state index is 0.0201. The van der Waals surface area contributed by atoms with Crippen LogP contribution in [0.4, 0.5) is 0 Å². The van der Waals surface area contributed by atoms with Crippen LogP contribution in [-0.4, -0.2) is 78.9 Å². The molecule has 192 valence electrons. The van der Waals surface area contributed by atoms with E-state index in [9.17, 15) is 9.59 Å². The fraction of sp³-hybridized carbons (Fsp3) is 0.680. The molecular formula is C25H42N4O3S2. The summed E-state index contributed by atoms with van der Waals surface area (Å²) >= 11 is 5.95. The Morgan fingerprint density at radius 1 is 1.32 bits per heavy atom. The Balaban J connectivity index is 2.24. The molecule has 0 fully saturated rings. The van der Waals surface area contributed by atoms with E-state index in [1.54, 1.807) is 11.8 Å². The van der Waals surface area contributed by atoms with E-state index >= 15 is 0 Å². The van der Waals surface area contributed by atoms with Crippen LogP contribution in [0.2, 0.25) is 0 Å². The van der Waals surface area contributed by atoms with Crippen molar-refractivity contribution in [2.45, 2.75) is 63.8 Å². The van der Waals surface area contributed by atoms with Crippen LogP contribution in [0.1, 0.15) is 37.8 Å². The highest BCUT2D eigenvalue weighted by molar-refractivity contribution is 7.98. The molecule has 5 unspecified atom stereocenters. The number of amides is 1. The number of nitrogens with zero attached hydrogens (tertiary/aromatic N) is 1. The number of rotatable bonds is 14. The second-order valence-electron chi connectivity index (χ2n) is 9.13. The molecule has 0 radical (unpaired) electrons. The fourth-order valence-electron chi connectivity index (χ4n) is 4.27. The van der Waals surface area contributed by atoms with Crippen molar-refractivity contribution in [3.05, 3.63) is 35.4 Å². The maximum atomic E-state index is 13.5. The van der Waals surface area contributed by atoms with Crippen molar-refractivity contribution in [1.82, 2.24) is 15.5 Å². The summed E-state index contributed by atoms with van der Waals surface area (Å²) < 4.78 is 4.95. The third-order valence-electron chi connectivity index (χ3n) is 6.70. The van der Waals surface area contributed by atoms with Gasteiger partial charge in [-0.1, -0.05) is 44.5 Å². The van der Waals surface area contributed by atoms with Gasteiger partial charge >= 0.3 is 5.97 Å². The molecule has 0 saturated heterocycles. The summed E-state index contributed by atoms with van der Waals surface area (Å²) in [6, 6.07) is 7.45. The summed E-state index contributed by atoms with van der Waals surface area (Å²) in [7, 11) is 1.36. The number of hydrogen-bond acceptors (Lipinski definition) is 8. The van der Waals surface area contributed by atoms with Crippen LogP contribution in [0.5, 0.6) is 0 Å². The number of ether oxygens (including phenoxy) is 1. The summed E-state index contributed by atoms with van der Waals surface area (Å²) in [5.41, 5.74) is 8.54. The molecule has 1 heterocycles. The van der Waals surface area contributed by atoms with Crippen LogP contribution >= 0.6 is 24.4 Å². The van der Waals surface area contributed by atoms with Gasteiger partial charge in [-0.15, -0.1) is 0 Å². The van der Waals surface area contributed by atoms with E-state index in [0.717, 1.165) is 12.2 Å². The molecule has 34 heavy (non-hydrogen) atoms. The van der Waals surface area contributed by atoms with Gasteiger partial charge in [0.05, 0.1) is 13.2 Å². The van der Waals surface area contributed by atoms with Gasteiger partial charge in [0.15, 0.2) is 0 Å². The van der Waals surface area contributed by atoms with E-state index in [2.05, 4.69) is 54.1 Å². The van der Waals surface area contributed by atoms with Crippen LogP contribution in [0.15, 0.2) is 24.3 Å². The van der Waals surface area contributed by atoms with Crippen molar-refractivity contribution in [1.29, 1.82) is 0 Å². The molecule has 0 aromatic heterocycles. The normalized spacial score (nSPS) is 19.5. The largest absolute Gasteiger partial charge is 0.467 e. The number of nitrogens with two attached hydrogens (primary N) is 1. The Kier molecular flexibility index (Phi) is 12.8. The maximum absolute atomic E-state index is 13.5. The molecule has 7 nitrogen and oxygen atoms in total. The Bertz CT molecular complexity index is 782. The van der Waals surface area contributed by atoms with E-state index in [1.165, 1.54) is 18.2 Å². The third-order valence-corrected chi connectivity index (χ3v) is 7.81. The lowest BCUT2D eigenvalue weighted by Gasteiger charge is -2.40. The number of carbonyl (C=O) groups excluding carboxylic acids is 2. The Labute approximate surface area is 214 Å². The highest BCUT2D eigenvalue weighted by atomic mass is 32.2.